The van der Waals surface area contributed by atoms with E-state index in [1.807, 2.05) is 30.3 Å². The summed E-state index contributed by atoms with van der Waals surface area (Å²) < 4.78 is 12.9. The van der Waals surface area contributed by atoms with Gasteiger partial charge in [0.2, 0.25) is 5.91 Å². The summed E-state index contributed by atoms with van der Waals surface area (Å²) in [5, 5.41) is 4.20. The van der Waals surface area contributed by atoms with Crippen molar-refractivity contribution in [1.29, 1.82) is 0 Å². The molecule has 0 aliphatic carbocycles. The van der Waals surface area contributed by atoms with Gasteiger partial charge in [0, 0.05) is 12.5 Å². The molecule has 2 aliphatic rings. The second-order valence-electron chi connectivity index (χ2n) is 7.90. The molecule has 0 unspecified atom stereocenters. The van der Waals surface area contributed by atoms with E-state index in [2.05, 4.69) is 28.4 Å². The number of hydrogen-bond donors (Lipinski definition) is 1. The van der Waals surface area contributed by atoms with Gasteiger partial charge < -0.3 is 14.8 Å². The van der Waals surface area contributed by atoms with Crippen LogP contribution in [0.4, 0.5) is 0 Å². The highest BCUT2D eigenvalue weighted by atomic mass is 32.1. The molecule has 3 aromatic rings. The molecule has 30 heavy (non-hydrogen) atoms. The van der Waals surface area contributed by atoms with Gasteiger partial charge >= 0.3 is 0 Å². The predicted octanol–water partition coefficient (Wildman–Crippen LogP) is 3.43. The molecule has 1 amide bonds. The van der Waals surface area contributed by atoms with E-state index in [1.165, 1.54) is 9.71 Å². The van der Waals surface area contributed by atoms with Crippen molar-refractivity contribution in [3.8, 4) is 11.5 Å². The SMILES string of the molecule is O=C(CN1CCC[C@H](c2nc3ccccc3s2)C1)NC[C@H]1COc2ccccc2O1. The van der Waals surface area contributed by atoms with E-state index >= 15 is 0 Å². The zero-order valence-electron chi connectivity index (χ0n) is 16.8. The lowest BCUT2D eigenvalue weighted by atomic mass is 9.99. The van der Waals surface area contributed by atoms with Crippen molar-refractivity contribution in [2.45, 2.75) is 24.9 Å². The molecule has 0 radical (unpaired) electrons. The smallest absolute Gasteiger partial charge is 0.234 e. The molecule has 0 spiro atoms. The number of para-hydroxylation sites is 3. The monoisotopic (exact) mass is 423 g/mol. The Hall–Kier alpha value is -2.64. The maximum atomic E-state index is 12.5. The van der Waals surface area contributed by atoms with Crippen molar-refractivity contribution < 1.29 is 14.3 Å². The first-order chi connectivity index (χ1) is 14.7. The number of aromatic nitrogens is 1. The van der Waals surface area contributed by atoms with Crippen molar-refractivity contribution in [2.24, 2.45) is 0 Å². The quantitative estimate of drug-likeness (QED) is 0.681. The summed E-state index contributed by atoms with van der Waals surface area (Å²) in [6.45, 7) is 3.13. The summed E-state index contributed by atoms with van der Waals surface area (Å²) in [4.78, 5) is 19.6. The van der Waals surface area contributed by atoms with Crippen molar-refractivity contribution in [1.82, 2.24) is 15.2 Å². The summed E-state index contributed by atoms with van der Waals surface area (Å²) in [6.07, 6.45) is 2.05. The number of fused-ring (bicyclic) bond motifs is 2. The number of thiazole rings is 1. The van der Waals surface area contributed by atoms with Crippen molar-refractivity contribution in [2.75, 3.05) is 32.8 Å². The molecule has 156 valence electrons. The van der Waals surface area contributed by atoms with Gasteiger partial charge in [-0.2, -0.15) is 0 Å². The van der Waals surface area contributed by atoms with Crippen molar-refractivity contribution >= 4 is 27.5 Å². The van der Waals surface area contributed by atoms with Crippen LogP contribution < -0.4 is 14.8 Å². The minimum Gasteiger partial charge on any atom is -0.486 e. The van der Waals surface area contributed by atoms with Gasteiger partial charge in [-0.1, -0.05) is 24.3 Å². The molecule has 6 nitrogen and oxygen atoms in total. The number of nitrogens with zero attached hydrogens (tertiary/aromatic N) is 2. The number of benzene rings is 2. The Kier molecular flexibility index (Phi) is 5.55. The van der Waals surface area contributed by atoms with Crippen LogP contribution in [0.2, 0.25) is 0 Å². The molecule has 0 bridgehead atoms. The zero-order valence-corrected chi connectivity index (χ0v) is 17.6. The van der Waals surface area contributed by atoms with E-state index in [-0.39, 0.29) is 12.0 Å². The van der Waals surface area contributed by atoms with Crippen LogP contribution in [0.25, 0.3) is 10.2 Å². The first-order valence-electron chi connectivity index (χ1n) is 10.5. The molecule has 2 aromatic carbocycles. The zero-order chi connectivity index (χ0) is 20.3. The third-order valence-corrected chi connectivity index (χ3v) is 6.83. The van der Waals surface area contributed by atoms with Gasteiger partial charge in [-0.05, 0) is 43.7 Å². The van der Waals surface area contributed by atoms with Crippen LogP contribution in [0.15, 0.2) is 48.5 Å². The molecule has 1 N–H and O–H groups in total. The fourth-order valence-corrected chi connectivity index (χ4v) is 5.21. The highest BCUT2D eigenvalue weighted by Crippen LogP contribution is 2.33. The molecule has 2 aliphatic heterocycles. The number of piperidine rings is 1. The van der Waals surface area contributed by atoms with Gasteiger partial charge in [0.15, 0.2) is 11.5 Å². The van der Waals surface area contributed by atoms with Crippen LogP contribution in [0, 0.1) is 0 Å². The topological polar surface area (TPSA) is 63.7 Å². The Labute approximate surface area is 179 Å². The van der Waals surface area contributed by atoms with Gasteiger partial charge in [0.05, 0.1) is 28.3 Å². The number of hydrogen-bond acceptors (Lipinski definition) is 6. The third-order valence-electron chi connectivity index (χ3n) is 5.63. The second kappa shape index (κ2) is 8.62. The van der Waals surface area contributed by atoms with Crippen LogP contribution in [0.3, 0.4) is 0 Å². The molecule has 1 aromatic heterocycles. The molecular formula is C23H25N3O3S. The first kappa shape index (κ1) is 19.3. The number of carbonyl (C=O) groups excluding carboxylic acids is 1. The van der Waals surface area contributed by atoms with E-state index in [4.69, 9.17) is 14.5 Å². The Morgan fingerprint density at radius 2 is 2.00 bits per heavy atom. The summed E-state index contributed by atoms with van der Waals surface area (Å²) in [5.74, 6) is 1.92. The molecule has 1 fully saturated rings. The van der Waals surface area contributed by atoms with E-state index in [9.17, 15) is 4.79 Å². The highest BCUT2D eigenvalue weighted by Gasteiger charge is 2.26. The Morgan fingerprint density at radius 3 is 2.90 bits per heavy atom. The number of likely N-dealkylation sites (tertiary alicyclic amines) is 1. The third kappa shape index (κ3) is 4.27. The van der Waals surface area contributed by atoms with E-state index in [0.717, 1.165) is 42.9 Å². The average molecular weight is 424 g/mol. The molecule has 2 atom stereocenters. The summed E-state index contributed by atoms with van der Waals surface area (Å²) in [7, 11) is 0. The minimum atomic E-state index is -0.166. The van der Waals surface area contributed by atoms with Gasteiger partial charge in [0.1, 0.15) is 12.7 Å². The molecular weight excluding hydrogens is 398 g/mol. The van der Waals surface area contributed by atoms with Crippen molar-refractivity contribution in [3.05, 3.63) is 53.5 Å². The highest BCUT2D eigenvalue weighted by molar-refractivity contribution is 7.18. The number of amides is 1. The Morgan fingerprint density at radius 1 is 1.17 bits per heavy atom. The summed E-state index contributed by atoms with van der Waals surface area (Å²) in [5.41, 5.74) is 1.07. The largest absolute Gasteiger partial charge is 0.486 e. The fourth-order valence-electron chi connectivity index (χ4n) is 4.12. The lowest BCUT2D eigenvalue weighted by Gasteiger charge is -2.31. The summed E-state index contributed by atoms with van der Waals surface area (Å²) >= 11 is 1.78. The predicted molar refractivity (Wildman–Crippen MR) is 117 cm³/mol. The van der Waals surface area contributed by atoms with E-state index in [1.54, 1.807) is 11.3 Å². The van der Waals surface area contributed by atoms with Gasteiger partial charge in [-0.25, -0.2) is 4.98 Å². The minimum absolute atomic E-state index is 0.0300. The molecule has 3 heterocycles. The molecule has 5 rings (SSSR count). The van der Waals surface area contributed by atoms with E-state index < -0.39 is 0 Å². The standard InChI is InChI=1S/C23H25N3O3S/c27-22(24-12-17-15-28-19-8-2-3-9-20(19)29-17)14-26-11-5-6-16(13-26)23-25-18-7-1-4-10-21(18)30-23/h1-4,7-10,16-17H,5-6,11-15H2,(H,24,27)/t16-,17-/m0/s1. The molecule has 0 saturated carbocycles. The Balaban J connectivity index is 1.13. The Bertz CT molecular complexity index is 1000. The second-order valence-corrected chi connectivity index (χ2v) is 8.96. The lowest BCUT2D eigenvalue weighted by Crippen LogP contribution is -2.46. The van der Waals surface area contributed by atoms with Crippen LogP contribution in [0.1, 0.15) is 23.8 Å². The van der Waals surface area contributed by atoms with Crippen LogP contribution in [-0.2, 0) is 4.79 Å². The van der Waals surface area contributed by atoms with Crippen molar-refractivity contribution in [3.63, 3.8) is 0 Å². The molecule has 1 saturated heterocycles. The number of nitrogens with one attached hydrogen (secondary N) is 1. The fraction of sp³-hybridized carbons (Fsp3) is 0.391. The van der Waals surface area contributed by atoms with Crippen LogP contribution >= 0.6 is 11.3 Å². The van der Waals surface area contributed by atoms with Gasteiger partial charge in [0.25, 0.3) is 0 Å². The number of carbonyl (C=O) groups is 1. The summed E-state index contributed by atoms with van der Waals surface area (Å²) in [6, 6.07) is 15.9. The maximum absolute atomic E-state index is 12.5. The lowest BCUT2D eigenvalue weighted by molar-refractivity contribution is -0.123. The average Bonchev–Trinajstić information content (AvgIpc) is 3.22. The normalized spacial score (nSPS) is 21.5. The number of rotatable bonds is 5. The van der Waals surface area contributed by atoms with E-state index in [0.29, 0.717) is 25.6 Å². The maximum Gasteiger partial charge on any atom is 0.234 e. The van der Waals surface area contributed by atoms with Gasteiger partial charge in [-0.15, -0.1) is 11.3 Å². The number of ether oxygens (including phenoxy) is 2. The van der Waals surface area contributed by atoms with Gasteiger partial charge in [-0.3, -0.25) is 9.69 Å². The van der Waals surface area contributed by atoms with Crippen LogP contribution in [0.5, 0.6) is 11.5 Å². The molecule has 7 heteroatoms. The van der Waals surface area contributed by atoms with Crippen LogP contribution in [-0.4, -0.2) is 54.7 Å². The first-order valence-corrected chi connectivity index (χ1v) is 11.3.